The van der Waals surface area contributed by atoms with Gasteiger partial charge in [0.25, 0.3) is 5.91 Å². The van der Waals surface area contributed by atoms with Gasteiger partial charge in [0, 0.05) is 10.6 Å². The molecule has 1 N–H and O–H groups in total. The van der Waals surface area contributed by atoms with Crippen molar-refractivity contribution in [2.24, 2.45) is 4.99 Å². The lowest BCUT2D eigenvalue weighted by Gasteiger charge is -2.10. The molecular formula is C18H14ClFN2O3S. The zero-order chi connectivity index (χ0) is 19.0. The van der Waals surface area contributed by atoms with Crippen LogP contribution in [0.5, 0.6) is 0 Å². The molecule has 0 fully saturated rings. The molecule has 8 heteroatoms. The summed E-state index contributed by atoms with van der Waals surface area (Å²) >= 11 is 6.84. The summed E-state index contributed by atoms with van der Waals surface area (Å²) in [7, 11) is 0. The molecule has 0 bridgehead atoms. The minimum atomic E-state index is -1.11. The SMILES string of the molecule is Cc1ccc2c(s/c(=N\C(=O)c3cccc(Cl)c3)n2C(C)C(=O)O)c1F. The maximum Gasteiger partial charge on any atom is 0.326 e. The second-order valence-electron chi connectivity index (χ2n) is 5.74. The van der Waals surface area contributed by atoms with Gasteiger partial charge in [-0.15, -0.1) is 0 Å². The fraction of sp³-hybridized carbons (Fsp3) is 0.167. The summed E-state index contributed by atoms with van der Waals surface area (Å²) in [6, 6.07) is 8.45. The topological polar surface area (TPSA) is 71.7 Å². The van der Waals surface area contributed by atoms with Gasteiger partial charge in [0.1, 0.15) is 11.9 Å². The fourth-order valence-corrected chi connectivity index (χ4v) is 3.89. The van der Waals surface area contributed by atoms with Gasteiger partial charge in [-0.3, -0.25) is 4.79 Å². The zero-order valence-electron chi connectivity index (χ0n) is 13.9. The summed E-state index contributed by atoms with van der Waals surface area (Å²) in [5.74, 6) is -2.14. The molecule has 3 rings (SSSR count). The van der Waals surface area contributed by atoms with Crippen LogP contribution in [-0.2, 0) is 4.79 Å². The largest absolute Gasteiger partial charge is 0.480 e. The molecule has 0 aliphatic rings. The number of carboxylic acids is 1. The minimum Gasteiger partial charge on any atom is -0.480 e. The molecule has 1 amide bonds. The van der Waals surface area contributed by atoms with Crippen LogP contribution in [0.4, 0.5) is 4.39 Å². The first kappa shape index (κ1) is 18.3. The number of hydrogen-bond acceptors (Lipinski definition) is 3. The van der Waals surface area contributed by atoms with Crippen LogP contribution in [0.25, 0.3) is 10.2 Å². The Kier molecular flexibility index (Phi) is 4.93. The molecule has 5 nitrogen and oxygen atoms in total. The summed E-state index contributed by atoms with van der Waals surface area (Å²) in [6.07, 6.45) is 0. The van der Waals surface area contributed by atoms with E-state index in [0.29, 0.717) is 16.1 Å². The Morgan fingerprint density at radius 1 is 1.31 bits per heavy atom. The highest BCUT2D eigenvalue weighted by Crippen LogP contribution is 2.26. The maximum absolute atomic E-state index is 14.5. The summed E-state index contributed by atoms with van der Waals surface area (Å²) in [5.41, 5.74) is 1.08. The van der Waals surface area contributed by atoms with Crippen molar-refractivity contribution in [3.63, 3.8) is 0 Å². The second-order valence-corrected chi connectivity index (χ2v) is 7.15. The average molecular weight is 393 g/mol. The number of aromatic nitrogens is 1. The molecule has 2 aromatic carbocycles. The predicted molar refractivity (Wildman–Crippen MR) is 98.2 cm³/mol. The van der Waals surface area contributed by atoms with Crippen molar-refractivity contribution in [3.05, 3.63) is 63.2 Å². The molecule has 0 saturated carbocycles. The Bertz CT molecular complexity index is 1100. The molecule has 1 heterocycles. The number of carbonyl (C=O) groups excluding carboxylic acids is 1. The Morgan fingerprint density at radius 2 is 2.04 bits per heavy atom. The van der Waals surface area contributed by atoms with E-state index in [1.807, 2.05) is 0 Å². The summed E-state index contributed by atoms with van der Waals surface area (Å²) in [5, 5.41) is 9.78. The van der Waals surface area contributed by atoms with Crippen LogP contribution in [-0.4, -0.2) is 21.6 Å². The van der Waals surface area contributed by atoms with E-state index in [1.54, 1.807) is 37.3 Å². The van der Waals surface area contributed by atoms with Crippen molar-refractivity contribution >= 4 is 45.0 Å². The lowest BCUT2D eigenvalue weighted by molar-refractivity contribution is -0.140. The highest BCUT2D eigenvalue weighted by molar-refractivity contribution is 7.16. The average Bonchev–Trinajstić information content (AvgIpc) is 2.96. The first-order valence-electron chi connectivity index (χ1n) is 7.67. The van der Waals surface area contributed by atoms with E-state index in [4.69, 9.17) is 11.6 Å². The third-order valence-corrected chi connectivity index (χ3v) is 5.24. The van der Waals surface area contributed by atoms with Gasteiger partial charge in [-0.1, -0.05) is 35.1 Å². The van der Waals surface area contributed by atoms with Gasteiger partial charge in [-0.05, 0) is 43.7 Å². The van der Waals surface area contributed by atoms with Gasteiger partial charge in [-0.25, -0.2) is 9.18 Å². The number of hydrogen-bond donors (Lipinski definition) is 1. The minimum absolute atomic E-state index is 0.115. The molecule has 1 unspecified atom stereocenters. The van der Waals surface area contributed by atoms with Gasteiger partial charge in [0.15, 0.2) is 4.80 Å². The van der Waals surface area contributed by atoms with Crippen LogP contribution in [0.2, 0.25) is 5.02 Å². The van der Waals surface area contributed by atoms with E-state index in [0.717, 1.165) is 11.3 Å². The number of carbonyl (C=O) groups is 2. The lowest BCUT2D eigenvalue weighted by Crippen LogP contribution is -2.25. The zero-order valence-corrected chi connectivity index (χ0v) is 15.4. The van der Waals surface area contributed by atoms with Crippen molar-refractivity contribution in [3.8, 4) is 0 Å². The number of rotatable bonds is 3. The fourth-order valence-electron chi connectivity index (χ4n) is 2.51. The van der Waals surface area contributed by atoms with Gasteiger partial charge in [0.05, 0.1) is 10.2 Å². The first-order chi connectivity index (χ1) is 12.3. The highest BCUT2D eigenvalue weighted by atomic mass is 35.5. The molecule has 0 radical (unpaired) electrons. The van der Waals surface area contributed by atoms with Crippen molar-refractivity contribution < 1.29 is 19.1 Å². The van der Waals surface area contributed by atoms with Gasteiger partial charge < -0.3 is 9.67 Å². The van der Waals surface area contributed by atoms with Crippen LogP contribution in [0.1, 0.15) is 28.9 Å². The van der Waals surface area contributed by atoms with Crippen LogP contribution >= 0.6 is 22.9 Å². The smallest absolute Gasteiger partial charge is 0.326 e. The maximum atomic E-state index is 14.5. The number of amides is 1. The second kappa shape index (κ2) is 7.01. The van der Waals surface area contributed by atoms with Crippen molar-refractivity contribution in [2.75, 3.05) is 0 Å². The molecule has 1 aromatic heterocycles. The number of halogens is 2. The van der Waals surface area contributed by atoms with Gasteiger partial charge in [-0.2, -0.15) is 4.99 Å². The number of thiazole rings is 1. The summed E-state index contributed by atoms with van der Waals surface area (Å²) in [4.78, 5) is 28.1. The van der Waals surface area contributed by atoms with Crippen LogP contribution in [0.15, 0.2) is 41.4 Å². The van der Waals surface area contributed by atoms with Crippen LogP contribution in [0, 0.1) is 12.7 Å². The summed E-state index contributed by atoms with van der Waals surface area (Å²) < 4.78 is 16.1. The van der Waals surface area contributed by atoms with Gasteiger partial charge >= 0.3 is 5.97 Å². The molecule has 0 aliphatic heterocycles. The lowest BCUT2D eigenvalue weighted by atomic mass is 10.2. The van der Waals surface area contributed by atoms with E-state index in [-0.39, 0.29) is 15.1 Å². The molecule has 3 aromatic rings. The monoisotopic (exact) mass is 392 g/mol. The quantitative estimate of drug-likeness (QED) is 0.726. The molecular weight excluding hydrogens is 379 g/mol. The Morgan fingerprint density at radius 3 is 2.69 bits per heavy atom. The predicted octanol–water partition coefficient (Wildman–Crippen LogP) is 4.19. The number of aryl methyl sites for hydroxylation is 1. The van der Waals surface area contributed by atoms with Crippen LogP contribution in [0.3, 0.4) is 0 Å². The van der Waals surface area contributed by atoms with E-state index >= 15 is 0 Å². The molecule has 134 valence electrons. The number of benzene rings is 2. The molecule has 0 saturated heterocycles. The molecule has 1 atom stereocenters. The number of carboxylic acid groups (broad SMARTS) is 1. The van der Waals surface area contributed by atoms with Crippen molar-refractivity contribution in [1.29, 1.82) is 0 Å². The normalized spacial score (nSPS) is 13.2. The van der Waals surface area contributed by atoms with E-state index in [1.165, 1.54) is 17.6 Å². The standard InChI is InChI=1S/C18H14ClFN2O3S/c1-9-6-7-13-15(14(9)20)26-18(22(13)10(2)17(24)25)21-16(23)11-4-3-5-12(19)8-11/h3-8,10H,1-2H3,(H,24,25)/b21-18-. The van der Waals surface area contributed by atoms with Gasteiger partial charge in [0.2, 0.25) is 0 Å². The highest BCUT2D eigenvalue weighted by Gasteiger charge is 2.21. The van der Waals surface area contributed by atoms with E-state index in [9.17, 15) is 19.1 Å². The molecule has 26 heavy (non-hydrogen) atoms. The Hall–Kier alpha value is -2.51. The third-order valence-electron chi connectivity index (χ3n) is 3.94. The number of nitrogens with zero attached hydrogens (tertiary/aromatic N) is 2. The third kappa shape index (κ3) is 3.27. The Labute approximate surface area is 157 Å². The first-order valence-corrected chi connectivity index (χ1v) is 8.86. The number of fused-ring (bicyclic) bond motifs is 1. The van der Waals surface area contributed by atoms with E-state index in [2.05, 4.69) is 4.99 Å². The van der Waals surface area contributed by atoms with Crippen LogP contribution < -0.4 is 4.80 Å². The van der Waals surface area contributed by atoms with E-state index < -0.39 is 23.7 Å². The molecule has 0 spiro atoms. The molecule has 0 aliphatic carbocycles. The summed E-state index contributed by atoms with van der Waals surface area (Å²) in [6.45, 7) is 3.07. The van der Waals surface area contributed by atoms with Crippen molar-refractivity contribution in [2.45, 2.75) is 19.9 Å². The Balaban J connectivity index is 2.27. The van der Waals surface area contributed by atoms with Crippen molar-refractivity contribution in [1.82, 2.24) is 4.57 Å². The number of aliphatic carboxylic acids is 1.